The summed E-state index contributed by atoms with van der Waals surface area (Å²) in [7, 11) is 3.03. The maximum atomic E-state index is 13.8. The molecule has 10 heteroatoms. The number of hydrogen-bond acceptors (Lipinski definition) is 9. The highest BCUT2D eigenvalue weighted by Crippen LogP contribution is 2.36. The van der Waals surface area contributed by atoms with Crippen LogP contribution in [0.3, 0.4) is 0 Å². The molecule has 3 aromatic rings. The minimum absolute atomic E-state index is 0.125. The van der Waals surface area contributed by atoms with Gasteiger partial charge in [0.05, 0.1) is 42.7 Å². The zero-order chi connectivity index (χ0) is 28.3. The third-order valence-electron chi connectivity index (χ3n) is 5.94. The highest BCUT2D eigenvalue weighted by atomic mass is 32.1. The van der Waals surface area contributed by atoms with E-state index in [2.05, 4.69) is 4.99 Å². The van der Waals surface area contributed by atoms with E-state index in [9.17, 15) is 14.4 Å². The summed E-state index contributed by atoms with van der Waals surface area (Å²) in [6.45, 7) is 7.12. The predicted molar refractivity (Wildman–Crippen MR) is 147 cm³/mol. The highest BCUT2D eigenvalue weighted by molar-refractivity contribution is 7.07. The van der Waals surface area contributed by atoms with Crippen LogP contribution >= 0.6 is 11.3 Å². The van der Waals surface area contributed by atoms with E-state index in [1.807, 2.05) is 38.1 Å². The average molecular weight is 551 g/mol. The summed E-state index contributed by atoms with van der Waals surface area (Å²) in [5.41, 5.74) is 1.75. The fraction of sp³-hybridized carbons (Fsp3) is 0.310. The van der Waals surface area contributed by atoms with Gasteiger partial charge in [0.2, 0.25) is 0 Å². The number of fused-ring (bicyclic) bond motifs is 1. The molecular formula is C29H30N2O7S. The topological polar surface area (TPSA) is 105 Å². The molecular weight excluding hydrogens is 520 g/mol. The van der Waals surface area contributed by atoms with Crippen molar-refractivity contribution in [3.63, 3.8) is 0 Å². The summed E-state index contributed by atoms with van der Waals surface area (Å²) >= 11 is 1.23. The molecule has 4 rings (SSSR count). The lowest BCUT2D eigenvalue weighted by Gasteiger charge is -2.25. The van der Waals surface area contributed by atoms with Crippen LogP contribution in [0.2, 0.25) is 0 Å². The van der Waals surface area contributed by atoms with Crippen molar-refractivity contribution in [1.29, 1.82) is 0 Å². The summed E-state index contributed by atoms with van der Waals surface area (Å²) in [6, 6.07) is 11.4. The minimum atomic E-state index is -0.839. The second-order valence-corrected chi connectivity index (χ2v) is 10.4. The molecule has 0 fully saturated rings. The van der Waals surface area contributed by atoms with E-state index in [1.165, 1.54) is 29.9 Å². The number of carbonyl (C=O) groups is 2. The summed E-state index contributed by atoms with van der Waals surface area (Å²) < 4.78 is 23.6. The summed E-state index contributed by atoms with van der Waals surface area (Å²) in [6.07, 6.45) is 1.77. The van der Waals surface area contributed by atoms with Gasteiger partial charge in [-0.25, -0.2) is 9.79 Å². The largest absolute Gasteiger partial charge is 0.497 e. The lowest BCUT2D eigenvalue weighted by atomic mass is 9.95. The summed E-state index contributed by atoms with van der Waals surface area (Å²) in [5.74, 6) is 0.246. The zero-order valence-corrected chi connectivity index (χ0v) is 23.5. The molecule has 1 aromatic heterocycles. The van der Waals surface area contributed by atoms with E-state index in [4.69, 9.17) is 18.9 Å². The Hall–Kier alpha value is -4.18. The van der Waals surface area contributed by atoms with E-state index in [-0.39, 0.29) is 35.2 Å². The van der Waals surface area contributed by atoms with Crippen LogP contribution in [-0.4, -0.2) is 37.3 Å². The van der Waals surface area contributed by atoms with Crippen molar-refractivity contribution in [3.05, 3.63) is 84.5 Å². The number of benzene rings is 2. The van der Waals surface area contributed by atoms with Gasteiger partial charge in [0.25, 0.3) is 5.56 Å². The van der Waals surface area contributed by atoms with E-state index in [1.54, 1.807) is 38.3 Å². The number of hydrogen-bond donors (Lipinski definition) is 0. The predicted octanol–water partition coefficient (Wildman–Crippen LogP) is 3.38. The van der Waals surface area contributed by atoms with Crippen molar-refractivity contribution >= 4 is 29.4 Å². The molecule has 0 amide bonds. The lowest BCUT2D eigenvalue weighted by molar-refractivity contribution is -0.140. The van der Waals surface area contributed by atoms with Crippen LogP contribution in [0.4, 0.5) is 0 Å². The fourth-order valence-corrected chi connectivity index (χ4v) is 5.24. The Bertz CT molecular complexity index is 1630. The van der Waals surface area contributed by atoms with Crippen molar-refractivity contribution in [2.75, 3.05) is 20.8 Å². The third-order valence-corrected chi connectivity index (χ3v) is 6.92. The van der Waals surface area contributed by atoms with Crippen molar-refractivity contribution in [2.24, 2.45) is 10.9 Å². The van der Waals surface area contributed by atoms with Crippen LogP contribution in [0.1, 0.15) is 44.9 Å². The molecule has 39 heavy (non-hydrogen) atoms. The van der Waals surface area contributed by atoms with Crippen molar-refractivity contribution in [3.8, 4) is 17.2 Å². The molecule has 0 radical (unpaired) electrons. The Labute approximate surface area is 229 Å². The summed E-state index contributed by atoms with van der Waals surface area (Å²) in [5, 5.41) is 0. The van der Waals surface area contributed by atoms with Gasteiger partial charge in [-0.3, -0.25) is 14.2 Å². The Balaban J connectivity index is 1.92. The molecule has 2 heterocycles. The van der Waals surface area contributed by atoms with Crippen LogP contribution in [0.5, 0.6) is 17.2 Å². The standard InChI is InChI=1S/C29H30N2O7S/c1-16(2)15-37-28(34)25-17(3)30-29-31(26(25)20-10-11-22(38-18(4)32)23(14-20)36-6)27(33)24(39-29)13-19-8-7-9-21(12-19)35-5/h7-14,16,26H,15H2,1-6H3/b24-13-/t26-/m0/s1. The van der Waals surface area contributed by atoms with E-state index in [0.717, 1.165) is 5.56 Å². The molecule has 204 valence electrons. The minimum Gasteiger partial charge on any atom is -0.497 e. The molecule has 0 spiro atoms. The van der Waals surface area contributed by atoms with Crippen LogP contribution in [0.25, 0.3) is 6.08 Å². The molecule has 2 aromatic carbocycles. The Kier molecular flexibility index (Phi) is 8.35. The first-order valence-corrected chi connectivity index (χ1v) is 13.1. The van der Waals surface area contributed by atoms with Gasteiger partial charge in [-0.1, -0.05) is 43.4 Å². The molecule has 0 unspecified atom stereocenters. The van der Waals surface area contributed by atoms with E-state index in [0.29, 0.717) is 26.3 Å². The number of aromatic nitrogens is 1. The molecule has 0 saturated carbocycles. The van der Waals surface area contributed by atoms with Crippen molar-refractivity contribution in [1.82, 2.24) is 4.57 Å². The normalized spacial score (nSPS) is 15.1. The third kappa shape index (κ3) is 5.96. The smallest absolute Gasteiger partial charge is 0.338 e. The molecule has 0 saturated heterocycles. The lowest BCUT2D eigenvalue weighted by Crippen LogP contribution is -2.40. The van der Waals surface area contributed by atoms with Crippen LogP contribution in [0, 0.1) is 5.92 Å². The first-order valence-electron chi connectivity index (χ1n) is 12.3. The van der Waals surface area contributed by atoms with Gasteiger partial charge in [0, 0.05) is 6.92 Å². The number of allylic oxidation sites excluding steroid dienone is 1. The maximum absolute atomic E-state index is 13.8. The monoisotopic (exact) mass is 550 g/mol. The van der Waals surface area contributed by atoms with Crippen LogP contribution in [0.15, 0.2) is 63.5 Å². The summed E-state index contributed by atoms with van der Waals surface area (Å²) in [4.78, 5) is 43.9. The number of nitrogens with zero attached hydrogens (tertiary/aromatic N) is 2. The van der Waals surface area contributed by atoms with Gasteiger partial charge in [-0.15, -0.1) is 0 Å². The van der Waals surface area contributed by atoms with E-state index < -0.39 is 18.0 Å². The van der Waals surface area contributed by atoms with Gasteiger partial charge in [0.15, 0.2) is 16.3 Å². The molecule has 1 aliphatic heterocycles. The quantitative estimate of drug-likeness (QED) is 0.313. The Morgan fingerprint density at radius 2 is 1.87 bits per heavy atom. The van der Waals surface area contributed by atoms with Gasteiger partial charge in [-0.2, -0.15) is 0 Å². The van der Waals surface area contributed by atoms with Gasteiger partial charge in [0.1, 0.15) is 5.75 Å². The molecule has 0 aliphatic carbocycles. The second-order valence-electron chi connectivity index (χ2n) is 9.35. The van der Waals surface area contributed by atoms with Gasteiger partial charge in [-0.05, 0) is 54.3 Å². The Morgan fingerprint density at radius 1 is 1.10 bits per heavy atom. The molecule has 0 N–H and O–H groups in total. The maximum Gasteiger partial charge on any atom is 0.338 e. The number of methoxy groups -OCH3 is 2. The van der Waals surface area contributed by atoms with Crippen LogP contribution in [-0.2, 0) is 14.3 Å². The second kappa shape index (κ2) is 11.7. The van der Waals surface area contributed by atoms with Crippen molar-refractivity contribution in [2.45, 2.75) is 33.7 Å². The number of thiazole rings is 1. The number of esters is 2. The average Bonchev–Trinajstić information content (AvgIpc) is 3.20. The molecule has 0 bridgehead atoms. The molecule has 1 aliphatic rings. The van der Waals surface area contributed by atoms with Crippen LogP contribution < -0.4 is 29.1 Å². The first kappa shape index (κ1) is 27.8. The van der Waals surface area contributed by atoms with E-state index >= 15 is 0 Å². The number of carbonyl (C=O) groups excluding carboxylic acids is 2. The Morgan fingerprint density at radius 3 is 2.54 bits per heavy atom. The fourth-order valence-electron chi connectivity index (χ4n) is 4.19. The van der Waals surface area contributed by atoms with Crippen molar-refractivity contribution < 1.29 is 28.5 Å². The molecule has 9 nitrogen and oxygen atoms in total. The number of rotatable bonds is 8. The van der Waals surface area contributed by atoms with Gasteiger partial charge >= 0.3 is 11.9 Å². The first-order chi connectivity index (χ1) is 18.6. The molecule has 1 atom stereocenters. The zero-order valence-electron chi connectivity index (χ0n) is 22.6. The van der Waals surface area contributed by atoms with Gasteiger partial charge < -0.3 is 18.9 Å². The number of ether oxygens (including phenoxy) is 4. The SMILES string of the molecule is COc1cccc(/C=c2\sc3n(c2=O)[C@@H](c2ccc(OC(C)=O)c(OC)c2)C(C(=O)OCC(C)C)=C(C)N=3)c1. The highest BCUT2D eigenvalue weighted by Gasteiger charge is 2.34.